The number of benzene rings is 3. The van der Waals surface area contributed by atoms with E-state index in [0.717, 1.165) is 36.4 Å². The van der Waals surface area contributed by atoms with E-state index in [-0.39, 0.29) is 29.8 Å². The standard InChI is InChI=1S/C29H31N3O3/c33-27-12-7-17-29(31-27)21-32(18-26(29)23-10-5-2-6-11-23)19-28(34)30-24-13-15-25(16-14-24)35-20-22-8-3-1-4-9-22/h1-6,8-11,13-16,26H,7,12,17-21H2,(H,30,34)(H,31,33)/t26-,29+/m0/s1. The van der Waals surface area contributed by atoms with Crippen molar-refractivity contribution in [2.45, 2.75) is 37.3 Å². The van der Waals surface area contributed by atoms with E-state index in [2.05, 4.69) is 27.7 Å². The Bertz CT molecular complexity index is 1150. The number of hydrogen-bond donors (Lipinski definition) is 2. The molecule has 2 N–H and O–H groups in total. The van der Waals surface area contributed by atoms with Crippen molar-refractivity contribution in [3.05, 3.63) is 96.1 Å². The van der Waals surface area contributed by atoms with Gasteiger partial charge < -0.3 is 15.4 Å². The molecular weight excluding hydrogens is 438 g/mol. The molecule has 180 valence electrons. The van der Waals surface area contributed by atoms with E-state index < -0.39 is 0 Å². The number of amides is 2. The molecule has 0 aromatic heterocycles. The van der Waals surface area contributed by atoms with Crippen LogP contribution in [0.25, 0.3) is 0 Å². The summed E-state index contributed by atoms with van der Waals surface area (Å²) in [7, 11) is 0. The minimum atomic E-state index is -0.311. The SMILES string of the molecule is O=C(CN1C[C@@H](c2ccccc2)[C@@]2(CCCC(=O)N2)C1)Nc1ccc(OCc2ccccc2)cc1. The average Bonchev–Trinajstić information content (AvgIpc) is 3.20. The Hall–Kier alpha value is -3.64. The normalized spacial score (nSPS) is 22.1. The Morgan fingerprint density at radius 3 is 2.43 bits per heavy atom. The first-order chi connectivity index (χ1) is 17.1. The molecule has 6 nitrogen and oxygen atoms in total. The molecule has 35 heavy (non-hydrogen) atoms. The van der Waals surface area contributed by atoms with Crippen LogP contribution in [0.4, 0.5) is 5.69 Å². The summed E-state index contributed by atoms with van der Waals surface area (Å²) in [6, 6.07) is 27.8. The Kier molecular flexibility index (Phi) is 6.82. The number of carbonyl (C=O) groups is 2. The first kappa shape index (κ1) is 23.1. The lowest BCUT2D eigenvalue weighted by Crippen LogP contribution is -2.56. The molecule has 2 saturated heterocycles. The van der Waals surface area contributed by atoms with Crippen LogP contribution in [-0.4, -0.2) is 41.9 Å². The summed E-state index contributed by atoms with van der Waals surface area (Å²) in [6.07, 6.45) is 2.39. The first-order valence-corrected chi connectivity index (χ1v) is 12.2. The van der Waals surface area contributed by atoms with E-state index in [4.69, 9.17) is 4.74 Å². The van der Waals surface area contributed by atoms with Gasteiger partial charge in [-0.2, -0.15) is 0 Å². The maximum absolute atomic E-state index is 12.9. The number of likely N-dealkylation sites (tertiary alicyclic amines) is 1. The first-order valence-electron chi connectivity index (χ1n) is 12.2. The van der Waals surface area contributed by atoms with Gasteiger partial charge in [-0.25, -0.2) is 0 Å². The van der Waals surface area contributed by atoms with Gasteiger partial charge in [-0.15, -0.1) is 0 Å². The van der Waals surface area contributed by atoms with E-state index in [9.17, 15) is 9.59 Å². The van der Waals surface area contributed by atoms with Gasteiger partial charge in [0.1, 0.15) is 12.4 Å². The molecule has 2 atom stereocenters. The van der Waals surface area contributed by atoms with Crippen molar-refractivity contribution in [3.63, 3.8) is 0 Å². The predicted octanol–water partition coefficient (Wildman–Crippen LogP) is 4.34. The lowest BCUT2D eigenvalue weighted by atomic mass is 9.76. The summed E-state index contributed by atoms with van der Waals surface area (Å²) < 4.78 is 5.83. The van der Waals surface area contributed by atoms with Crippen molar-refractivity contribution in [2.24, 2.45) is 0 Å². The summed E-state index contributed by atoms with van der Waals surface area (Å²) in [4.78, 5) is 27.3. The van der Waals surface area contributed by atoms with Gasteiger partial charge in [-0.1, -0.05) is 60.7 Å². The molecule has 2 aliphatic rings. The van der Waals surface area contributed by atoms with E-state index in [1.165, 1.54) is 5.56 Å². The highest BCUT2D eigenvalue weighted by Crippen LogP contribution is 2.41. The molecule has 0 bridgehead atoms. The molecule has 3 aromatic carbocycles. The molecule has 2 aliphatic heterocycles. The lowest BCUT2D eigenvalue weighted by Gasteiger charge is -2.39. The van der Waals surface area contributed by atoms with Crippen LogP contribution in [0.3, 0.4) is 0 Å². The number of hydrogen-bond acceptors (Lipinski definition) is 4. The molecular formula is C29H31N3O3. The van der Waals surface area contributed by atoms with Gasteiger partial charge in [-0.3, -0.25) is 14.5 Å². The monoisotopic (exact) mass is 469 g/mol. The van der Waals surface area contributed by atoms with Gasteiger partial charge in [-0.05, 0) is 48.2 Å². The van der Waals surface area contributed by atoms with Crippen LogP contribution in [0.1, 0.15) is 36.3 Å². The summed E-state index contributed by atoms with van der Waals surface area (Å²) in [5, 5.41) is 6.30. The second-order valence-corrected chi connectivity index (χ2v) is 9.54. The Morgan fingerprint density at radius 1 is 1.00 bits per heavy atom. The van der Waals surface area contributed by atoms with Crippen molar-refractivity contribution in [3.8, 4) is 5.75 Å². The summed E-state index contributed by atoms with van der Waals surface area (Å²) in [6.45, 7) is 2.21. The fourth-order valence-electron chi connectivity index (χ4n) is 5.36. The van der Waals surface area contributed by atoms with Gasteiger partial charge in [0, 0.05) is 31.1 Å². The Morgan fingerprint density at radius 2 is 1.71 bits per heavy atom. The minimum absolute atomic E-state index is 0.0612. The van der Waals surface area contributed by atoms with E-state index >= 15 is 0 Å². The van der Waals surface area contributed by atoms with E-state index in [1.54, 1.807) is 0 Å². The van der Waals surface area contributed by atoms with Crippen LogP contribution in [0, 0.1) is 0 Å². The largest absolute Gasteiger partial charge is 0.489 e. The highest BCUT2D eigenvalue weighted by molar-refractivity contribution is 5.92. The zero-order valence-electron chi connectivity index (χ0n) is 19.8. The van der Waals surface area contributed by atoms with Gasteiger partial charge in [0.15, 0.2) is 0 Å². The van der Waals surface area contributed by atoms with Crippen molar-refractivity contribution < 1.29 is 14.3 Å². The van der Waals surface area contributed by atoms with Gasteiger partial charge in [0.2, 0.25) is 11.8 Å². The Balaban J connectivity index is 1.19. The Labute approximate surface area is 206 Å². The quantitative estimate of drug-likeness (QED) is 0.540. The third-order valence-electron chi connectivity index (χ3n) is 6.98. The topological polar surface area (TPSA) is 70.7 Å². The fourth-order valence-corrected chi connectivity index (χ4v) is 5.36. The second kappa shape index (κ2) is 10.3. The zero-order chi connectivity index (χ0) is 24.1. The lowest BCUT2D eigenvalue weighted by molar-refractivity contribution is -0.125. The average molecular weight is 470 g/mol. The number of piperidine rings is 1. The van der Waals surface area contributed by atoms with Crippen molar-refractivity contribution in [1.29, 1.82) is 0 Å². The number of carbonyl (C=O) groups excluding carboxylic acids is 2. The van der Waals surface area contributed by atoms with Gasteiger partial charge in [0.05, 0.1) is 12.1 Å². The van der Waals surface area contributed by atoms with Gasteiger partial charge >= 0.3 is 0 Å². The molecule has 2 fully saturated rings. The predicted molar refractivity (Wildman–Crippen MR) is 136 cm³/mol. The van der Waals surface area contributed by atoms with Crippen LogP contribution >= 0.6 is 0 Å². The van der Waals surface area contributed by atoms with E-state index in [0.29, 0.717) is 19.6 Å². The second-order valence-electron chi connectivity index (χ2n) is 9.54. The highest BCUT2D eigenvalue weighted by Gasteiger charge is 2.49. The molecule has 2 heterocycles. The maximum atomic E-state index is 12.9. The minimum Gasteiger partial charge on any atom is -0.489 e. The maximum Gasteiger partial charge on any atom is 0.238 e. The third-order valence-corrected chi connectivity index (χ3v) is 6.98. The van der Waals surface area contributed by atoms with Crippen LogP contribution in [0.15, 0.2) is 84.9 Å². The van der Waals surface area contributed by atoms with E-state index in [1.807, 2.05) is 72.8 Å². The summed E-state index contributed by atoms with van der Waals surface area (Å²) >= 11 is 0. The van der Waals surface area contributed by atoms with Crippen molar-refractivity contribution in [2.75, 3.05) is 25.0 Å². The molecule has 2 amide bonds. The summed E-state index contributed by atoms with van der Waals surface area (Å²) in [5.41, 5.74) is 2.75. The number of nitrogens with one attached hydrogen (secondary N) is 2. The highest BCUT2D eigenvalue weighted by atomic mass is 16.5. The number of ether oxygens (including phenoxy) is 1. The van der Waals surface area contributed by atoms with Gasteiger partial charge in [0.25, 0.3) is 0 Å². The number of anilines is 1. The molecule has 1 spiro atoms. The van der Waals surface area contributed by atoms with Crippen LogP contribution < -0.4 is 15.4 Å². The van der Waals surface area contributed by atoms with Crippen LogP contribution in [0.5, 0.6) is 5.75 Å². The molecule has 0 radical (unpaired) electrons. The molecule has 6 heteroatoms. The van der Waals surface area contributed by atoms with Crippen LogP contribution in [0.2, 0.25) is 0 Å². The third kappa shape index (κ3) is 5.54. The number of nitrogens with zero attached hydrogens (tertiary/aromatic N) is 1. The molecule has 0 unspecified atom stereocenters. The smallest absolute Gasteiger partial charge is 0.238 e. The van der Waals surface area contributed by atoms with Crippen molar-refractivity contribution in [1.82, 2.24) is 10.2 Å². The molecule has 3 aromatic rings. The molecule has 0 saturated carbocycles. The molecule has 5 rings (SSSR count). The molecule has 0 aliphatic carbocycles. The number of rotatable bonds is 7. The summed E-state index contributed by atoms with van der Waals surface area (Å²) in [5.74, 6) is 0.973. The van der Waals surface area contributed by atoms with Crippen molar-refractivity contribution >= 4 is 17.5 Å². The zero-order valence-corrected chi connectivity index (χ0v) is 19.8. The van der Waals surface area contributed by atoms with Crippen LogP contribution in [-0.2, 0) is 16.2 Å². The fraction of sp³-hybridized carbons (Fsp3) is 0.310.